The van der Waals surface area contributed by atoms with Crippen molar-refractivity contribution in [2.75, 3.05) is 0 Å². The molecule has 0 aliphatic heterocycles. The second-order valence-electron chi connectivity index (χ2n) is 6.14. The van der Waals surface area contributed by atoms with Gasteiger partial charge in [0.2, 0.25) is 0 Å². The van der Waals surface area contributed by atoms with Gasteiger partial charge in [-0.25, -0.2) is 9.48 Å². The highest BCUT2D eigenvalue weighted by Gasteiger charge is 2.12. The molecule has 0 spiro atoms. The predicted octanol–water partition coefficient (Wildman–Crippen LogP) is 3.69. The molecule has 4 aromatic rings. The summed E-state index contributed by atoms with van der Waals surface area (Å²) >= 11 is 0. The second-order valence-corrected chi connectivity index (χ2v) is 6.14. The van der Waals surface area contributed by atoms with Crippen LogP contribution in [0.2, 0.25) is 0 Å². The van der Waals surface area contributed by atoms with Gasteiger partial charge in [-0.2, -0.15) is 10.2 Å². The number of carboxylic acid groups (broad SMARTS) is 1. The fourth-order valence-corrected chi connectivity index (χ4v) is 3.23. The largest absolute Gasteiger partial charge is 0.478 e. The Morgan fingerprint density at radius 2 is 1.88 bits per heavy atom. The van der Waals surface area contributed by atoms with Gasteiger partial charge in [-0.15, -0.1) is 0 Å². The first-order valence-corrected chi connectivity index (χ1v) is 8.42. The third-order valence-corrected chi connectivity index (χ3v) is 4.56. The fourth-order valence-electron chi connectivity index (χ4n) is 3.23. The summed E-state index contributed by atoms with van der Waals surface area (Å²) in [6, 6.07) is 14.9. The Kier molecular flexibility index (Phi) is 3.80. The molecule has 6 nitrogen and oxygen atoms in total. The molecule has 6 heteroatoms. The van der Waals surface area contributed by atoms with Gasteiger partial charge in [0, 0.05) is 18.0 Å². The van der Waals surface area contributed by atoms with Crippen molar-refractivity contribution in [3.8, 4) is 16.9 Å². The van der Waals surface area contributed by atoms with Gasteiger partial charge in [0.1, 0.15) is 0 Å². The molecule has 0 fully saturated rings. The lowest BCUT2D eigenvalue weighted by molar-refractivity contribution is 0.0697. The standard InChI is InChI=1S/C20H18N4O2/c1-3-17-16-9-6-14(12-19(16)23(2)22-17)18-10-11-21-24(18)15-7-4-13(5-8-15)20(25)26/h4-12H,3H2,1-2H3,(H,25,26). The Hall–Kier alpha value is -3.41. The summed E-state index contributed by atoms with van der Waals surface area (Å²) in [6.45, 7) is 2.10. The van der Waals surface area contributed by atoms with E-state index in [-0.39, 0.29) is 5.56 Å². The fraction of sp³-hybridized carbons (Fsp3) is 0.150. The normalized spacial score (nSPS) is 11.2. The molecule has 0 saturated carbocycles. The smallest absolute Gasteiger partial charge is 0.335 e. The highest BCUT2D eigenvalue weighted by atomic mass is 16.4. The van der Waals surface area contributed by atoms with E-state index in [0.29, 0.717) is 0 Å². The third kappa shape index (κ3) is 2.56. The maximum atomic E-state index is 11.0. The molecule has 2 aromatic heterocycles. The van der Waals surface area contributed by atoms with Gasteiger partial charge in [-0.05, 0) is 42.8 Å². The Morgan fingerprint density at radius 3 is 2.58 bits per heavy atom. The molecule has 0 saturated heterocycles. The molecule has 0 aliphatic rings. The van der Waals surface area contributed by atoms with Gasteiger partial charge >= 0.3 is 5.97 Å². The number of benzene rings is 2. The number of aryl methyl sites for hydroxylation is 2. The van der Waals surface area contributed by atoms with Crippen molar-refractivity contribution >= 4 is 16.9 Å². The molecule has 0 radical (unpaired) electrons. The van der Waals surface area contributed by atoms with Crippen molar-refractivity contribution in [2.24, 2.45) is 7.05 Å². The zero-order valence-electron chi connectivity index (χ0n) is 14.5. The zero-order valence-corrected chi connectivity index (χ0v) is 14.5. The van der Waals surface area contributed by atoms with Crippen LogP contribution < -0.4 is 0 Å². The van der Waals surface area contributed by atoms with E-state index in [1.54, 1.807) is 30.5 Å². The number of aromatic nitrogens is 4. The highest BCUT2D eigenvalue weighted by molar-refractivity contribution is 5.88. The number of hydrogen-bond donors (Lipinski definition) is 1. The van der Waals surface area contributed by atoms with Crippen LogP contribution in [0.3, 0.4) is 0 Å². The lowest BCUT2D eigenvalue weighted by atomic mass is 10.1. The topological polar surface area (TPSA) is 72.9 Å². The number of carbonyl (C=O) groups is 1. The molecule has 2 aromatic carbocycles. The van der Waals surface area contributed by atoms with Crippen LogP contribution in [0, 0.1) is 0 Å². The minimum atomic E-state index is -0.939. The summed E-state index contributed by atoms with van der Waals surface area (Å²) in [5.74, 6) is -0.939. The van der Waals surface area contributed by atoms with Gasteiger partial charge < -0.3 is 5.11 Å². The Morgan fingerprint density at radius 1 is 1.12 bits per heavy atom. The molecule has 0 atom stereocenters. The van der Waals surface area contributed by atoms with E-state index in [1.807, 2.05) is 22.5 Å². The molecule has 0 aliphatic carbocycles. The van der Waals surface area contributed by atoms with Gasteiger partial charge in [-0.1, -0.05) is 19.1 Å². The van der Waals surface area contributed by atoms with Crippen molar-refractivity contribution < 1.29 is 9.90 Å². The summed E-state index contributed by atoms with van der Waals surface area (Å²) in [5, 5.41) is 19.2. The van der Waals surface area contributed by atoms with Crippen LogP contribution in [-0.4, -0.2) is 30.6 Å². The van der Waals surface area contributed by atoms with Crippen molar-refractivity contribution in [2.45, 2.75) is 13.3 Å². The Labute approximate surface area is 150 Å². The van der Waals surface area contributed by atoms with Crippen molar-refractivity contribution in [1.82, 2.24) is 19.6 Å². The highest BCUT2D eigenvalue weighted by Crippen LogP contribution is 2.28. The quantitative estimate of drug-likeness (QED) is 0.612. The number of nitrogens with zero attached hydrogens (tertiary/aromatic N) is 4. The number of aromatic carboxylic acids is 1. The number of carboxylic acids is 1. The van der Waals surface area contributed by atoms with Gasteiger partial charge in [0.05, 0.1) is 34.4 Å². The van der Waals surface area contributed by atoms with Crippen LogP contribution >= 0.6 is 0 Å². The summed E-state index contributed by atoms with van der Waals surface area (Å²) < 4.78 is 3.71. The first-order valence-electron chi connectivity index (χ1n) is 8.42. The Balaban J connectivity index is 1.80. The minimum absolute atomic E-state index is 0.255. The maximum absolute atomic E-state index is 11.0. The maximum Gasteiger partial charge on any atom is 0.335 e. The van der Waals surface area contributed by atoms with E-state index in [9.17, 15) is 4.79 Å². The van der Waals surface area contributed by atoms with E-state index in [2.05, 4.69) is 35.3 Å². The van der Waals surface area contributed by atoms with Crippen molar-refractivity contribution in [3.05, 3.63) is 66.0 Å². The van der Waals surface area contributed by atoms with E-state index >= 15 is 0 Å². The molecular weight excluding hydrogens is 328 g/mol. The zero-order chi connectivity index (χ0) is 18.3. The second kappa shape index (κ2) is 6.15. The third-order valence-electron chi connectivity index (χ3n) is 4.56. The van der Waals surface area contributed by atoms with E-state index < -0.39 is 5.97 Å². The summed E-state index contributed by atoms with van der Waals surface area (Å²) in [4.78, 5) is 11.0. The van der Waals surface area contributed by atoms with Crippen LogP contribution in [-0.2, 0) is 13.5 Å². The molecule has 1 N–H and O–H groups in total. The van der Waals surface area contributed by atoms with Crippen molar-refractivity contribution in [3.63, 3.8) is 0 Å². The molecule has 0 unspecified atom stereocenters. The first-order chi connectivity index (χ1) is 12.6. The van der Waals surface area contributed by atoms with Crippen LogP contribution in [0.5, 0.6) is 0 Å². The van der Waals surface area contributed by atoms with Crippen LogP contribution in [0.1, 0.15) is 23.0 Å². The molecule has 0 bridgehead atoms. The number of hydrogen-bond acceptors (Lipinski definition) is 3. The number of fused-ring (bicyclic) bond motifs is 1. The van der Waals surface area contributed by atoms with Gasteiger partial charge in [0.25, 0.3) is 0 Å². The summed E-state index contributed by atoms with van der Waals surface area (Å²) in [5.41, 5.74) is 5.21. The summed E-state index contributed by atoms with van der Waals surface area (Å²) in [6.07, 6.45) is 2.63. The predicted molar refractivity (Wildman–Crippen MR) is 99.6 cm³/mol. The van der Waals surface area contributed by atoms with E-state index in [1.165, 1.54) is 0 Å². The average molecular weight is 346 g/mol. The van der Waals surface area contributed by atoms with Gasteiger partial charge in [0.15, 0.2) is 0 Å². The van der Waals surface area contributed by atoms with Gasteiger partial charge in [-0.3, -0.25) is 4.68 Å². The molecular formula is C20H18N4O2. The minimum Gasteiger partial charge on any atom is -0.478 e. The first kappa shape index (κ1) is 16.1. The van der Waals surface area contributed by atoms with Crippen molar-refractivity contribution in [1.29, 1.82) is 0 Å². The summed E-state index contributed by atoms with van der Waals surface area (Å²) in [7, 11) is 1.95. The molecule has 26 heavy (non-hydrogen) atoms. The Bertz CT molecular complexity index is 1110. The molecule has 2 heterocycles. The average Bonchev–Trinajstić information content (AvgIpc) is 3.26. The molecule has 4 rings (SSSR count). The van der Waals surface area contributed by atoms with Crippen LogP contribution in [0.15, 0.2) is 54.7 Å². The van der Waals surface area contributed by atoms with E-state index in [0.717, 1.165) is 40.0 Å². The number of rotatable bonds is 4. The lowest BCUT2D eigenvalue weighted by Gasteiger charge is -2.09. The van der Waals surface area contributed by atoms with E-state index in [4.69, 9.17) is 5.11 Å². The molecule has 130 valence electrons. The molecule has 0 amide bonds. The monoisotopic (exact) mass is 346 g/mol. The lowest BCUT2D eigenvalue weighted by Crippen LogP contribution is -2.01. The SMILES string of the molecule is CCc1nn(C)c2cc(-c3ccnn3-c3ccc(C(=O)O)cc3)ccc12. The van der Waals surface area contributed by atoms with Crippen LogP contribution in [0.25, 0.3) is 27.8 Å². The van der Waals surface area contributed by atoms with Crippen LogP contribution in [0.4, 0.5) is 0 Å².